The molecule has 0 aromatic heterocycles. The van der Waals surface area contributed by atoms with Crippen LogP contribution in [-0.2, 0) is 14.6 Å². The highest BCUT2D eigenvalue weighted by atomic mass is 17.2. The highest BCUT2D eigenvalue weighted by Crippen LogP contribution is 1.91. The van der Waals surface area contributed by atoms with E-state index in [9.17, 15) is 4.79 Å². The molecule has 0 bridgehead atoms. The van der Waals surface area contributed by atoms with Crippen molar-refractivity contribution in [3.63, 3.8) is 0 Å². The maximum Gasteiger partial charge on any atom is 0.368 e. The van der Waals surface area contributed by atoms with E-state index >= 15 is 0 Å². The van der Waals surface area contributed by atoms with Crippen molar-refractivity contribution in [2.75, 3.05) is 6.61 Å². The Hall–Kier alpha value is -0.830. The lowest BCUT2D eigenvalue weighted by atomic mass is 10.4. The third kappa shape index (κ3) is 3.73. The van der Waals surface area contributed by atoms with E-state index in [4.69, 9.17) is 6.92 Å². The fraction of sp³-hybridized carbons (Fsp3) is 0.333. The molecule has 0 N–H and O–H groups in total. The largest absolute Gasteiger partial charge is 0.368 e. The van der Waals surface area contributed by atoms with Gasteiger partial charge in [-0.15, -0.1) is 0 Å². The summed E-state index contributed by atoms with van der Waals surface area (Å²) >= 11 is 0. The Bertz CT molecular complexity index is 117. The minimum Gasteiger partial charge on any atom is -0.293 e. The molecule has 0 fully saturated rings. The number of carbonyl (C=O) groups excluding carboxylic acids is 1. The predicted octanol–water partition coefficient (Wildman–Crippen LogP) is 0.748. The maximum absolute atomic E-state index is 10.4. The fourth-order valence-corrected chi connectivity index (χ4v) is 0.159. The average Bonchev–Trinajstić information content (AvgIpc) is 1.82. The molecule has 0 aliphatic rings. The second-order valence-electron chi connectivity index (χ2n) is 1.44. The van der Waals surface area contributed by atoms with E-state index in [0.717, 1.165) is 0 Å². The zero-order valence-electron chi connectivity index (χ0n) is 5.22. The molecule has 0 aliphatic heterocycles. The van der Waals surface area contributed by atoms with Crippen LogP contribution in [0.5, 0.6) is 0 Å². The Morgan fingerprint density at radius 1 is 1.78 bits per heavy atom. The Kier molecular flexibility index (Phi) is 3.71. The molecule has 0 aromatic carbocycles. The van der Waals surface area contributed by atoms with Gasteiger partial charge in [-0.25, -0.2) is 4.79 Å². The molecule has 0 spiro atoms. The maximum atomic E-state index is 10.4. The van der Waals surface area contributed by atoms with Gasteiger partial charge in [-0.05, 0) is 13.8 Å². The van der Waals surface area contributed by atoms with Crippen LogP contribution in [0.15, 0.2) is 12.2 Å². The van der Waals surface area contributed by atoms with Gasteiger partial charge in [0.05, 0.1) is 6.61 Å². The van der Waals surface area contributed by atoms with Gasteiger partial charge in [-0.2, -0.15) is 4.89 Å². The summed E-state index contributed by atoms with van der Waals surface area (Å²) in [4.78, 5) is 18.6. The van der Waals surface area contributed by atoms with Crippen LogP contribution < -0.4 is 0 Å². The number of rotatable bonds is 3. The lowest BCUT2D eigenvalue weighted by molar-refractivity contribution is -0.261. The first kappa shape index (κ1) is 8.17. The first-order valence-electron chi connectivity index (χ1n) is 2.38. The Morgan fingerprint density at radius 3 is 2.67 bits per heavy atom. The molecular formula is C6H8O3. The van der Waals surface area contributed by atoms with Crippen LogP contribution in [0.4, 0.5) is 0 Å². The molecule has 0 amide bonds. The smallest absolute Gasteiger partial charge is 0.293 e. The monoisotopic (exact) mass is 128 g/mol. The Labute approximate surface area is 54.2 Å². The minimum atomic E-state index is -0.597. The van der Waals surface area contributed by atoms with Crippen LogP contribution in [0.1, 0.15) is 6.92 Å². The summed E-state index contributed by atoms with van der Waals surface area (Å²) in [6.45, 7) is 9.54. The van der Waals surface area contributed by atoms with Gasteiger partial charge in [0.15, 0.2) is 0 Å². The Balaban J connectivity index is 3.39. The standard InChI is InChI=1S/C6H8O3/c1-4-8-9-6(7)5(2)3/h1H,2,4H2,3H3. The molecule has 0 saturated heterocycles. The van der Waals surface area contributed by atoms with Crippen molar-refractivity contribution in [1.29, 1.82) is 0 Å². The molecule has 3 nitrogen and oxygen atoms in total. The minimum absolute atomic E-state index is 0.140. The molecular weight excluding hydrogens is 120 g/mol. The summed E-state index contributed by atoms with van der Waals surface area (Å²) in [6.07, 6.45) is 0. The lowest BCUT2D eigenvalue weighted by Crippen LogP contribution is -2.05. The van der Waals surface area contributed by atoms with Crippen LogP contribution in [0.25, 0.3) is 0 Å². The van der Waals surface area contributed by atoms with E-state index < -0.39 is 5.97 Å². The van der Waals surface area contributed by atoms with E-state index in [2.05, 4.69) is 16.4 Å². The number of carbonyl (C=O) groups is 1. The molecule has 0 atom stereocenters. The fourth-order valence-electron chi connectivity index (χ4n) is 0.159. The topological polar surface area (TPSA) is 35.5 Å². The van der Waals surface area contributed by atoms with Crippen LogP contribution in [-0.4, -0.2) is 12.6 Å². The van der Waals surface area contributed by atoms with Crippen LogP contribution >= 0.6 is 0 Å². The van der Waals surface area contributed by atoms with Gasteiger partial charge >= 0.3 is 5.97 Å². The molecule has 2 radical (unpaired) electrons. The third-order valence-electron chi connectivity index (χ3n) is 0.551. The van der Waals surface area contributed by atoms with Gasteiger partial charge < -0.3 is 0 Å². The quantitative estimate of drug-likeness (QED) is 0.319. The van der Waals surface area contributed by atoms with Crippen molar-refractivity contribution < 1.29 is 14.6 Å². The number of hydrogen-bond acceptors (Lipinski definition) is 3. The van der Waals surface area contributed by atoms with Crippen molar-refractivity contribution in [3.05, 3.63) is 19.1 Å². The zero-order chi connectivity index (χ0) is 7.28. The Morgan fingerprint density at radius 2 is 2.33 bits per heavy atom. The second-order valence-corrected chi connectivity index (χ2v) is 1.44. The predicted molar refractivity (Wildman–Crippen MR) is 31.2 cm³/mol. The average molecular weight is 128 g/mol. The van der Waals surface area contributed by atoms with Gasteiger partial charge in [0, 0.05) is 5.57 Å². The first-order valence-corrected chi connectivity index (χ1v) is 2.38. The number of hydrogen-bond donors (Lipinski definition) is 0. The lowest BCUT2D eigenvalue weighted by Gasteiger charge is -1.97. The van der Waals surface area contributed by atoms with Gasteiger partial charge in [0.25, 0.3) is 0 Å². The molecule has 3 heteroatoms. The van der Waals surface area contributed by atoms with E-state index in [1.165, 1.54) is 6.92 Å². The van der Waals surface area contributed by atoms with Crippen molar-refractivity contribution in [2.45, 2.75) is 6.92 Å². The highest BCUT2D eigenvalue weighted by Gasteiger charge is 2.01. The van der Waals surface area contributed by atoms with Crippen molar-refractivity contribution in [3.8, 4) is 0 Å². The highest BCUT2D eigenvalue weighted by molar-refractivity contribution is 5.86. The zero-order valence-corrected chi connectivity index (χ0v) is 5.22. The molecule has 0 saturated carbocycles. The van der Waals surface area contributed by atoms with Crippen LogP contribution in [0.3, 0.4) is 0 Å². The summed E-state index contributed by atoms with van der Waals surface area (Å²) in [5.41, 5.74) is 0.281. The third-order valence-corrected chi connectivity index (χ3v) is 0.551. The van der Waals surface area contributed by atoms with E-state index in [0.29, 0.717) is 0 Å². The summed E-state index contributed by atoms with van der Waals surface area (Å²) in [5.74, 6) is -0.597. The van der Waals surface area contributed by atoms with Crippen molar-refractivity contribution in [1.82, 2.24) is 0 Å². The van der Waals surface area contributed by atoms with Crippen molar-refractivity contribution >= 4 is 5.97 Å². The van der Waals surface area contributed by atoms with Gasteiger partial charge in [-0.3, -0.25) is 4.89 Å². The van der Waals surface area contributed by atoms with Gasteiger partial charge in [0.1, 0.15) is 0 Å². The van der Waals surface area contributed by atoms with E-state index in [1.54, 1.807) is 0 Å². The molecule has 0 aromatic rings. The molecule has 50 valence electrons. The summed E-state index contributed by atoms with van der Waals surface area (Å²) in [7, 11) is 0. The molecule has 0 aliphatic carbocycles. The van der Waals surface area contributed by atoms with Gasteiger partial charge in [-0.1, -0.05) is 6.58 Å². The molecule has 9 heavy (non-hydrogen) atoms. The van der Waals surface area contributed by atoms with Crippen molar-refractivity contribution in [2.24, 2.45) is 0 Å². The summed E-state index contributed by atoms with van der Waals surface area (Å²) in [5, 5.41) is 0. The summed E-state index contributed by atoms with van der Waals surface area (Å²) < 4.78 is 0. The molecule has 0 rings (SSSR count). The van der Waals surface area contributed by atoms with Crippen LogP contribution in [0.2, 0.25) is 0 Å². The second kappa shape index (κ2) is 4.09. The van der Waals surface area contributed by atoms with E-state index in [1.807, 2.05) is 0 Å². The summed E-state index contributed by atoms with van der Waals surface area (Å²) in [6, 6.07) is 0. The first-order chi connectivity index (χ1) is 4.18. The van der Waals surface area contributed by atoms with Crippen LogP contribution in [0, 0.1) is 6.92 Å². The molecule has 0 heterocycles. The van der Waals surface area contributed by atoms with E-state index in [-0.39, 0.29) is 12.2 Å². The SMILES string of the molecule is [CH]COOC(=O)C(=C)C. The van der Waals surface area contributed by atoms with Gasteiger partial charge in [0.2, 0.25) is 0 Å². The molecule has 0 unspecified atom stereocenters. The normalized spacial score (nSPS) is 8.67.